The smallest absolute Gasteiger partial charge is 0.306 e. The van der Waals surface area contributed by atoms with Gasteiger partial charge in [0.05, 0.1) is 27.7 Å². The van der Waals surface area contributed by atoms with Gasteiger partial charge in [0.15, 0.2) is 6.10 Å². The molecule has 0 saturated heterocycles. The van der Waals surface area contributed by atoms with Crippen LogP contribution in [0.5, 0.6) is 0 Å². The SMILES string of the molecule is CCCC(=O)OC[C@H](COP(=S)(S)OCC[N+](C)(C)C)OC(=O)CCC. The Bertz CT molecular complexity index is 484. The summed E-state index contributed by atoms with van der Waals surface area (Å²) in [6, 6.07) is 0. The minimum atomic E-state index is -2.77. The van der Waals surface area contributed by atoms with Crippen LogP contribution in [-0.4, -0.2) is 70.0 Å². The highest BCUT2D eigenvalue weighted by Gasteiger charge is 2.22. The summed E-state index contributed by atoms with van der Waals surface area (Å²) in [6.45, 7) is 4.83. The van der Waals surface area contributed by atoms with Gasteiger partial charge < -0.3 is 23.0 Å². The van der Waals surface area contributed by atoms with Gasteiger partial charge in [0, 0.05) is 12.8 Å². The van der Waals surface area contributed by atoms with Crippen molar-refractivity contribution in [2.45, 2.75) is 45.6 Å². The van der Waals surface area contributed by atoms with E-state index in [1.165, 1.54) is 0 Å². The van der Waals surface area contributed by atoms with Gasteiger partial charge in [-0.05, 0) is 24.6 Å². The average Bonchev–Trinajstić information content (AvgIpc) is 2.49. The Morgan fingerprint density at radius 3 is 2.15 bits per heavy atom. The van der Waals surface area contributed by atoms with Gasteiger partial charge in [0.25, 0.3) is 0 Å². The Morgan fingerprint density at radius 2 is 1.62 bits per heavy atom. The lowest BCUT2D eigenvalue weighted by Crippen LogP contribution is -2.37. The minimum absolute atomic E-state index is 0.0278. The van der Waals surface area contributed by atoms with Gasteiger partial charge >= 0.3 is 11.9 Å². The second-order valence-electron chi connectivity index (χ2n) is 6.91. The Labute approximate surface area is 167 Å². The molecule has 0 amide bonds. The van der Waals surface area contributed by atoms with Crippen LogP contribution in [-0.2, 0) is 39.9 Å². The quantitative estimate of drug-likeness (QED) is 0.197. The lowest BCUT2D eigenvalue weighted by atomic mass is 10.3. The number of thiol groups is 1. The second kappa shape index (κ2) is 13.1. The van der Waals surface area contributed by atoms with E-state index in [0.29, 0.717) is 25.9 Å². The Kier molecular flexibility index (Phi) is 13.0. The fourth-order valence-corrected chi connectivity index (χ4v) is 3.26. The van der Waals surface area contributed by atoms with Gasteiger partial charge in [-0.3, -0.25) is 9.59 Å². The maximum absolute atomic E-state index is 11.7. The van der Waals surface area contributed by atoms with Crippen LogP contribution in [0.1, 0.15) is 39.5 Å². The Hall–Kier alpha value is -0.180. The normalized spacial score (nSPS) is 15.2. The molecule has 0 spiro atoms. The van der Waals surface area contributed by atoms with Crippen molar-refractivity contribution >= 4 is 41.7 Å². The van der Waals surface area contributed by atoms with Gasteiger partial charge in [0.1, 0.15) is 19.8 Å². The van der Waals surface area contributed by atoms with Crippen molar-refractivity contribution in [2.75, 3.05) is 47.5 Å². The zero-order chi connectivity index (χ0) is 20.2. The molecule has 7 nitrogen and oxygen atoms in total. The molecule has 10 heteroatoms. The topological polar surface area (TPSA) is 71.1 Å². The summed E-state index contributed by atoms with van der Waals surface area (Å²) in [7, 11) is 6.13. The van der Waals surface area contributed by atoms with Gasteiger partial charge in [-0.2, -0.15) is 0 Å². The van der Waals surface area contributed by atoms with E-state index in [9.17, 15) is 9.59 Å². The number of carbonyl (C=O) groups excluding carboxylic acids is 2. The van der Waals surface area contributed by atoms with Gasteiger partial charge in [-0.25, -0.2) is 0 Å². The first kappa shape index (κ1) is 25.8. The van der Waals surface area contributed by atoms with Crippen molar-refractivity contribution in [3.8, 4) is 0 Å². The van der Waals surface area contributed by atoms with E-state index in [1.807, 2.05) is 35.0 Å². The first-order valence-corrected chi connectivity index (χ1v) is 12.6. The van der Waals surface area contributed by atoms with Crippen LogP contribution in [0.4, 0.5) is 0 Å². The zero-order valence-electron chi connectivity index (χ0n) is 16.4. The van der Waals surface area contributed by atoms with Crippen LogP contribution in [0, 0.1) is 0 Å². The molecule has 0 saturated carbocycles. The van der Waals surface area contributed by atoms with Crippen LogP contribution in [0.25, 0.3) is 0 Å². The maximum Gasteiger partial charge on any atom is 0.306 e. The molecular weight excluding hydrogens is 397 g/mol. The van der Waals surface area contributed by atoms with E-state index in [4.69, 9.17) is 30.3 Å². The van der Waals surface area contributed by atoms with Crippen LogP contribution in [0.15, 0.2) is 0 Å². The largest absolute Gasteiger partial charge is 0.462 e. The third-order valence-electron chi connectivity index (χ3n) is 3.08. The van der Waals surface area contributed by atoms with Crippen LogP contribution in [0.2, 0.25) is 0 Å². The molecule has 2 atom stereocenters. The van der Waals surface area contributed by atoms with E-state index in [0.717, 1.165) is 11.0 Å². The van der Waals surface area contributed by atoms with Crippen molar-refractivity contribution < 1.29 is 32.6 Å². The van der Waals surface area contributed by atoms with E-state index >= 15 is 0 Å². The molecule has 0 aliphatic carbocycles. The molecule has 0 rings (SSSR count). The highest BCUT2D eigenvalue weighted by molar-refractivity contribution is 8.60. The molecule has 0 fully saturated rings. The van der Waals surface area contributed by atoms with Crippen LogP contribution >= 0.6 is 17.9 Å². The second-order valence-corrected chi connectivity index (χ2v) is 12.2. The predicted molar refractivity (Wildman–Crippen MR) is 109 cm³/mol. The third-order valence-corrected chi connectivity index (χ3v) is 5.39. The number of quaternary nitrogens is 1. The predicted octanol–water partition coefficient (Wildman–Crippen LogP) is 2.94. The molecule has 0 aromatic heterocycles. The van der Waals surface area contributed by atoms with Gasteiger partial charge in [-0.15, -0.1) is 0 Å². The van der Waals surface area contributed by atoms with Crippen molar-refractivity contribution in [3.63, 3.8) is 0 Å². The fourth-order valence-electron chi connectivity index (χ4n) is 1.67. The highest BCUT2D eigenvalue weighted by Crippen LogP contribution is 2.53. The molecule has 0 aromatic rings. The maximum atomic E-state index is 11.7. The fraction of sp³-hybridized carbons (Fsp3) is 0.875. The summed E-state index contributed by atoms with van der Waals surface area (Å²) in [4.78, 5) is 23.3. The lowest BCUT2D eigenvalue weighted by Gasteiger charge is -2.26. The summed E-state index contributed by atoms with van der Waals surface area (Å²) in [6.07, 6.45) is 1.23. The molecule has 0 N–H and O–H groups in total. The van der Waals surface area contributed by atoms with Crippen LogP contribution in [0.3, 0.4) is 0 Å². The monoisotopic (exact) mass is 430 g/mol. The number of hydrogen-bond donors (Lipinski definition) is 1. The molecule has 0 aromatic carbocycles. The number of carbonyl (C=O) groups is 2. The number of rotatable bonds is 14. The van der Waals surface area contributed by atoms with E-state index in [2.05, 4.69) is 12.2 Å². The molecule has 154 valence electrons. The molecule has 0 bridgehead atoms. The Morgan fingerprint density at radius 1 is 1.04 bits per heavy atom. The van der Waals surface area contributed by atoms with Gasteiger partial charge in [-0.1, -0.05) is 26.1 Å². The molecule has 26 heavy (non-hydrogen) atoms. The molecular formula is C16H33NO6PS2+. The van der Waals surface area contributed by atoms with Crippen molar-refractivity contribution in [1.29, 1.82) is 0 Å². The molecule has 0 aliphatic heterocycles. The average molecular weight is 431 g/mol. The first-order chi connectivity index (χ1) is 12.0. The first-order valence-electron chi connectivity index (χ1n) is 8.76. The highest BCUT2D eigenvalue weighted by atomic mass is 32.9. The summed E-state index contributed by atoms with van der Waals surface area (Å²) in [5, 5.41) is 0. The Balaban J connectivity index is 4.55. The molecule has 0 radical (unpaired) electrons. The van der Waals surface area contributed by atoms with Crippen molar-refractivity contribution in [1.82, 2.24) is 0 Å². The number of ether oxygens (including phenoxy) is 2. The van der Waals surface area contributed by atoms with Crippen LogP contribution < -0.4 is 0 Å². The molecule has 0 aliphatic rings. The van der Waals surface area contributed by atoms with E-state index in [-0.39, 0.29) is 31.6 Å². The van der Waals surface area contributed by atoms with Crippen molar-refractivity contribution in [3.05, 3.63) is 0 Å². The van der Waals surface area contributed by atoms with Gasteiger partial charge in [0.2, 0.25) is 5.69 Å². The minimum Gasteiger partial charge on any atom is -0.462 e. The number of esters is 2. The standard InChI is InChI=1S/C16H32NO6PS2/c1-6-8-15(18)20-12-14(23-16(19)9-7-2)13-22-24(25,26)21-11-10-17(3,4)5/h14H,6-13H2,1-5H3/p+1/t14-/m1/s1. The summed E-state index contributed by atoms with van der Waals surface area (Å²) in [5.41, 5.74) is -2.77. The molecule has 1 unspecified atom stereocenters. The summed E-state index contributed by atoms with van der Waals surface area (Å²) in [5.74, 6) is -0.709. The summed E-state index contributed by atoms with van der Waals surface area (Å²) >= 11 is 9.56. The number of likely N-dealkylation sites (N-methyl/N-ethyl adjacent to an activating group) is 1. The van der Waals surface area contributed by atoms with E-state index in [1.54, 1.807) is 0 Å². The lowest BCUT2D eigenvalue weighted by molar-refractivity contribution is -0.870. The number of hydrogen-bond acceptors (Lipinski definition) is 7. The molecule has 0 heterocycles. The van der Waals surface area contributed by atoms with E-state index < -0.39 is 11.8 Å². The summed E-state index contributed by atoms with van der Waals surface area (Å²) < 4.78 is 22.3. The van der Waals surface area contributed by atoms with Crippen molar-refractivity contribution in [2.24, 2.45) is 0 Å². The number of nitrogens with zero attached hydrogens (tertiary/aromatic N) is 1. The third kappa shape index (κ3) is 14.9. The zero-order valence-corrected chi connectivity index (χ0v) is 19.0.